The Hall–Kier alpha value is -2.74. The molecule has 3 aromatic rings. The first-order chi connectivity index (χ1) is 12.4. The molecule has 0 aliphatic heterocycles. The zero-order chi connectivity index (χ0) is 18.6. The van der Waals surface area contributed by atoms with Crippen molar-refractivity contribution in [3.63, 3.8) is 0 Å². The lowest BCUT2D eigenvalue weighted by atomic mass is 10.2. The van der Waals surface area contributed by atoms with Gasteiger partial charge in [-0.1, -0.05) is 30.3 Å². The van der Waals surface area contributed by atoms with Gasteiger partial charge in [0.05, 0.1) is 24.0 Å². The Morgan fingerprint density at radius 3 is 2.50 bits per heavy atom. The number of hydrogen-bond donors (Lipinski definition) is 1. The molecular formula is C18H14F3N3OS. The van der Waals surface area contributed by atoms with Crippen LogP contribution in [0.5, 0.6) is 0 Å². The number of para-hydroxylation sites is 2. The van der Waals surface area contributed by atoms with Crippen LogP contribution in [0.25, 0.3) is 5.69 Å². The van der Waals surface area contributed by atoms with E-state index in [0.29, 0.717) is 5.56 Å². The summed E-state index contributed by atoms with van der Waals surface area (Å²) in [6, 6.07) is 15.2. The van der Waals surface area contributed by atoms with Gasteiger partial charge in [-0.15, -0.1) is 0 Å². The second-order valence-electron chi connectivity index (χ2n) is 5.40. The van der Waals surface area contributed by atoms with Crippen molar-refractivity contribution in [2.24, 2.45) is 0 Å². The number of aromatic nitrogens is 2. The Bertz CT molecular complexity index is 894. The monoisotopic (exact) mass is 377 g/mol. The Kier molecular flexibility index (Phi) is 5.32. The Labute approximate surface area is 152 Å². The van der Waals surface area contributed by atoms with Gasteiger partial charge in [-0.25, -0.2) is 4.68 Å². The molecule has 1 N–H and O–H groups in total. The van der Waals surface area contributed by atoms with E-state index < -0.39 is 11.4 Å². The van der Waals surface area contributed by atoms with Gasteiger partial charge >= 0.3 is 5.51 Å². The highest BCUT2D eigenvalue weighted by atomic mass is 32.2. The molecule has 1 heterocycles. The molecule has 26 heavy (non-hydrogen) atoms. The summed E-state index contributed by atoms with van der Waals surface area (Å²) in [5.74, 6) is -0.409. The third kappa shape index (κ3) is 4.89. The zero-order valence-corrected chi connectivity index (χ0v) is 14.2. The molecule has 8 heteroatoms. The van der Waals surface area contributed by atoms with Crippen molar-refractivity contribution in [2.45, 2.75) is 16.8 Å². The SMILES string of the molecule is O=C(Cc1cnn(-c2ccccc2)c1)Nc1ccccc1SC(F)(F)F. The number of amides is 1. The summed E-state index contributed by atoms with van der Waals surface area (Å²) in [5.41, 5.74) is -2.77. The summed E-state index contributed by atoms with van der Waals surface area (Å²) < 4.78 is 39.5. The van der Waals surface area contributed by atoms with Crippen LogP contribution in [0.1, 0.15) is 5.56 Å². The highest BCUT2D eigenvalue weighted by molar-refractivity contribution is 8.00. The number of carbonyl (C=O) groups is 1. The number of rotatable bonds is 5. The van der Waals surface area contributed by atoms with Crippen LogP contribution in [0.3, 0.4) is 0 Å². The number of benzene rings is 2. The van der Waals surface area contributed by atoms with E-state index in [1.807, 2.05) is 30.3 Å². The number of nitrogens with one attached hydrogen (secondary N) is 1. The van der Waals surface area contributed by atoms with Crippen LogP contribution in [-0.4, -0.2) is 21.2 Å². The summed E-state index contributed by atoms with van der Waals surface area (Å²) in [7, 11) is 0. The molecule has 0 spiro atoms. The largest absolute Gasteiger partial charge is 0.446 e. The second kappa shape index (κ2) is 7.65. The van der Waals surface area contributed by atoms with Crippen LogP contribution in [-0.2, 0) is 11.2 Å². The molecule has 0 radical (unpaired) electrons. The lowest BCUT2D eigenvalue weighted by molar-refractivity contribution is -0.115. The molecule has 0 unspecified atom stereocenters. The number of alkyl halides is 3. The van der Waals surface area contributed by atoms with Crippen molar-refractivity contribution < 1.29 is 18.0 Å². The minimum Gasteiger partial charge on any atom is -0.325 e. The van der Waals surface area contributed by atoms with Gasteiger partial charge in [-0.05, 0) is 41.6 Å². The van der Waals surface area contributed by atoms with E-state index in [-0.39, 0.29) is 28.8 Å². The molecule has 0 saturated carbocycles. The van der Waals surface area contributed by atoms with Crippen molar-refractivity contribution in [1.29, 1.82) is 0 Å². The number of nitrogens with zero attached hydrogens (tertiary/aromatic N) is 2. The number of halogens is 3. The highest BCUT2D eigenvalue weighted by Gasteiger charge is 2.30. The summed E-state index contributed by atoms with van der Waals surface area (Å²) >= 11 is -0.254. The molecular weight excluding hydrogens is 363 g/mol. The van der Waals surface area contributed by atoms with Crippen molar-refractivity contribution in [3.05, 3.63) is 72.6 Å². The highest BCUT2D eigenvalue weighted by Crippen LogP contribution is 2.40. The van der Waals surface area contributed by atoms with E-state index in [1.165, 1.54) is 18.2 Å². The Morgan fingerprint density at radius 2 is 1.77 bits per heavy atom. The molecule has 0 saturated heterocycles. The molecule has 4 nitrogen and oxygen atoms in total. The third-order valence-corrected chi connectivity index (χ3v) is 4.22. The molecule has 0 aliphatic carbocycles. The zero-order valence-electron chi connectivity index (χ0n) is 13.4. The van der Waals surface area contributed by atoms with Gasteiger partial charge in [0, 0.05) is 11.1 Å². The minimum atomic E-state index is -4.42. The molecule has 2 aromatic carbocycles. The summed E-state index contributed by atoms with van der Waals surface area (Å²) in [6.07, 6.45) is 3.28. The maximum absolute atomic E-state index is 12.6. The van der Waals surface area contributed by atoms with Gasteiger partial charge in [0.1, 0.15) is 0 Å². The smallest absolute Gasteiger partial charge is 0.325 e. The quantitative estimate of drug-likeness (QED) is 0.658. The lowest BCUT2D eigenvalue weighted by Gasteiger charge is -2.11. The average molecular weight is 377 g/mol. The van der Waals surface area contributed by atoms with Gasteiger partial charge in [0.2, 0.25) is 5.91 Å². The normalized spacial score (nSPS) is 11.3. The standard InChI is InChI=1S/C18H14F3N3OS/c19-18(20,21)26-16-9-5-4-8-15(16)23-17(25)10-13-11-22-24(12-13)14-6-2-1-3-7-14/h1-9,11-12H,10H2,(H,23,25). The summed E-state index contributed by atoms with van der Waals surface area (Å²) in [6.45, 7) is 0. The topological polar surface area (TPSA) is 46.9 Å². The fourth-order valence-corrected chi connectivity index (χ4v) is 2.96. The number of thioether (sulfide) groups is 1. The first-order valence-corrected chi connectivity index (χ1v) is 8.46. The summed E-state index contributed by atoms with van der Waals surface area (Å²) in [4.78, 5) is 12.2. The molecule has 0 fully saturated rings. The average Bonchev–Trinajstić information content (AvgIpc) is 3.04. The van der Waals surface area contributed by atoms with E-state index in [2.05, 4.69) is 10.4 Å². The second-order valence-corrected chi connectivity index (χ2v) is 6.50. The van der Waals surface area contributed by atoms with Gasteiger partial charge in [0.25, 0.3) is 0 Å². The molecule has 0 bridgehead atoms. The predicted octanol–water partition coefficient (Wildman–Crippen LogP) is 4.67. The van der Waals surface area contributed by atoms with E-state index >= 15 is 0 Å². The Balaban J connectivity index is 1.68. The number of hydrogen-bond acceptors (Lipinski definition) is 3. The first-order valence-electron chi connectivity index (χ1n) is 7.64. The fraction of sp³-hybridized carbons (Fsp3) is 0.111. The first kappa shape index (κ1) is 18.1. The van der Waals surface area contributed by atoms with Crippen LogP contribution < -0.4 is 5.32 Å². The molecule has 1 amide bonds. The van der Waals surface area contributed by atoms with Crippen molar-refractivity contribution in [2.75, 3.05) is 5.32 Å². The van der Waals surface area contributed by atoms with Crippen LogP contribution in [0.15, 0.2) is 71.9 Å². The van der Waals surface area contributed by atoms with Crippen molar-refractivity contribution >= 4 is 23.4 Å². The van der Waals surface area contributed by atoms with E-state index in [1.54, 1.807) is 23.1 Å². The van der Waals surface area contributed by atoms with Gasteiger partial charge in [-0.3, -0.25) is 4.79 Å². The summed E-state index contributed by atoms with van der Waals surface area (Å²) in [5, 5.41) is 6.73. The third-order valence-electron chi connectivity index (χ3n) is 3.41. The Morgan fingerprint density at radius 1 is 1.08 bits per heavy atom. The van der Waals surface area contributed by atoms with Crippen LogP contribution in [0, 0.1) is 0 Å². The predicted molar refractivity (Wildman–Crippen MR) is 94.3 cm³/mol. The maximum atomic E-state index is 12.6. The molecule has 0 aliphatic rings. The molecule has 134 valence electrons. The van der Waals surface area contributed by atoms with Crippen molar-refractivity contribution in [3.8, 4) is 5.69 Å². The number of carbonyl (C=O) groups excluding carboxylic acids is 1. The van der Waals surface area contributed by atoms with Gasteiger partial charge < -0.3 is 5.32 Å². The molecule has 0 atom stereocenters. The van der Waals surface area contributed by atoms with Crippen molar-refractivity contribution in [1.82, 2.24) is 9.78 Å². The van der Waals surface area contributed by atoms with Crippen LogP contribution in [0.2, 0.25) is 0 Å². The van der Waals surface area contributed by atoms with Crippen LogP contribution in [0.4, 0.5) is 18.9 Å². The molecule has 1 aromatic heterocycles. The number of anilines is 1. The molecule has 3 rings (SSSR count). The van der Waals surface area contributed by atoms with E-state index in [4.69, 9.17) is 0 Å². The lowest BCUT2D eigenvalue weighted by Crippen LogP contribution is -2.15. The van der Waals surface area contributed by atoms with Gasteiger partial charge in [0.15, 0.2) is 0 Å². The fourth-order valence-electron chi connectivity index (χ4n) is 2.34. The van der Waals surface area contributed by atoms with Gasteiger partial charge in [-0.2, -0.15) is 18.3 Å². The minimum absolute atomic E-state index is 0.0118. The van der Waals surface area contributed by atoms with E-state index in [9.17, 15) is 18.0 Å². The van der Waals surface area contributed by atoms with E-state index in [0.717, 1.165) is 5.69 Å². The maximum Gasteiger partial charge on any atom is 0.446 e. The van der Waals surface area contributed by atoms with Crippen LogP contribution >= 0.6 is 11.8 Å².